The van der Waals surface area contributed by atoms with Crippen molar-refractivity contribution in [2.45, 2.75) is 0 Å². The zero-order chi connectivity index (χ0) is 38.9. The smallest absolute Gasteiger partial charge is 0.164 e. The molecule has 0 N–H and O–H groups in total. The van der Waals surface area contributed by atoms with Crippen LogP contribution in [0.1, 0.15) is 0 Å². The molecule has 0 aliphatic rings. The summed E-state index contributed by atoms with van der Waals surface area (Å²) in [4.78, 5) is 19.7. The molecule has 0 aliphatic heterocycles. The Balaban J connectivity index is 0.977. The van der Waals surface area contributed by atoms with E-state index in [9.17, 15) is 0 Å². The van der Waals surface area contributed by atoms with Gasteiger partial charge in [0.1, 0.15) is 11.2 Å². The first kappa shape index (κ1) is 33.2. The minimum atomic E-state index is 0.617. The molecular formula is C54H32N4O. The zero-order valence-electron chi connectivity index (χ0n) is 31.7. The van der Waals surface area contributed by atoms with Gasteiger partial charge in [0.25, 0.3) is 0 Å². The van der Waals surface area contributed by atoms with Crippen LogP contribution < -0.4 is 0 Å². The summed E-state index contributed by atoms with van der Waals surface area (Å²) >= 11 is 0. The Kier molecular flexibility index (Phi) is 7.47. The quantitative estimate of drug-likeness (QED) is 0.164. The number of hydrogen-bond donors (Lipinski definition) is 0. The van der Waals surface area contributed by atoms with E-state index in [1.54, 1.807) is 0 Å². The van der Waals surface area contributed by atoms with E-state index in [1.165, 1.54) is 26.9 Å². The highest BCUT2D eigenvalue weighted by Crippen LogP contribution is 2.41. The van der Waals surface area contributed by atoms with Crippen LogP contribution in [0.15, 0.2) is 199 Å². The lowest BCUT2D eigenvalue weighted by Gasteiger charge is -2.14. The number of benzene rings is 9. The van der Waals surface area contributed by atoms with E-state index in [0.29, 0.717) is 17.5 Å². The molecule has 5 nitrogen and oxygen atoms in total. The van der Waals surface area contributed by atoms with Crippen molar-refractivity contribution in [3.05, 3.63) is 194 Å². The fraction of sp³-hybridized carbons (Fsp3) is 0. The van der Waals surface area contributed by atoms with Gasteiger partial charge in [-0.2, -0.15) is 0 Å². The molecule has 12 aromatic rings. The Bertz CT molecular complexity index is 3600. The van der Waals surface area contributed by atoms with E-state index < -0.39 is 0 Å². The van der Waals surface area contributed by atoms with Crippen molar-refractivity contribution in [3.63, 3.8) is 0 Å². The maximum atomic E-state index is 6.25. The summed E-state index contributed by atoms with van der Waals surface area (Å²) in [7, 11) is 0. The molecule has 3 heterocycles. The molecule has 0 fully saturated rings. The van der Waals surface area contributed by atoms with Crippen LogP contribution in [0.3, 0.4) is 0 Å². The van der Waals surface area contributed by atoms with Crippen LogP contribution in [0, 0.1) is 0 Å². The molecule has 0 saturated heterocycles. The first-order chi connectivity index (χ1) is 29.2. The highest BCUT2D eigenvalue weighted by Gasteiger charge is 2.17. The zero-order valence-corrected chi connectivity index (χ0v) is 31.7. The minimum absolute atomic E-state index is 0.617. The summed E-state index contributed by atoms with van der Waals surface area (Å²) in [6, 6.07) is 63.7. The second-order valence-corrected chi connectivity index (χ2v) is 15.0. The van der Waals surface area contributed by atoms with Gasteiger partial charge in [0.2, 0.25) is 0 Å². The Labute approximate surface area is 338 Å². The second-order valence-electron chi connectivity index (χ2n) is 15.0. The molecule has 0 aliphatic carbocycles. The third-order valence-electron chi connectivity index (χ3n) is 11.6. The summed E-state index contributed by atoms with van der Waals surface area (Å²) in [6.45, 7) is 0. The molecule has 0 unspecified atom stereocenters. The maximum absolute atomic E-state index is 6.25. The van der Waals surface area contributed by atoms with Crippen LogP contribution in [0.4, 0.5) is 0 Å². The standard InChI is InChI=1S/C54H32N4O/c1-2-11-35(12-3-1)52-56-53(36-22-20-34(21-23-36)47-31-39-32-55-29-28-42(39)50-41-14-5-4-10-33(41)24-27-45(47)50)58-54(57-52)38-25-26-40-37(30-38)13-8-16-43(40)44-17-9-19-49-51(44)46-15-6-7-18-48(46)59-49/h1-32H. The Morgan fingerprint density at radius 3 is 1.81 bits per heavy atom. The highest BCUT2D eigenvalue weighted by molar-refractivity contribution is 6.24. The molecule has 0 saturated carbocycles. The Hall–Kier alpha value is -8.02. The fourth-order valence-corrected chi connectivity index (χ4v) is 8.81. The van der Waals surface area contributed by atoms with Gasteiger partial charge < -0.3 is 4.42 Å². The van der Waals surface area contributed by atoms with Gasteiger partial charge >= 0.3 is 0 Å². The van der Waals surface area contributed by atoms with E-state index in [-0.39, 0.29) is 0 Å². The lowest BCUT2D eigenvalue weighted by atomic mass is 9.90. The van der Waals surface area contributed by atoms with Crippen molar-refractivity contribution in [1.82, 2.24) is 19.9 Å². The predicted molar refractivity (Wildman–Crippen MR) is 242 cm³/mol. The first-order valence-electron chi connectivity index (χ1n) is 19.8. The topological polar surface area (TPSA) is 64.7 Å². The third-order valence-corrected chi connectivity index (χ3v) is 11.6. The number of hydrogen-bond acceptors (Lipinski definition) is 5. The van der Waals surface area contributed by atoms with E-state index in [4.69, 9.17) is 19.4 Å². The van der Waals surface area contributed by atoms with Crippen molar-refractivity contribution in [2.75, 3.05) is 0 Å². The predicted octanol–water partition coefficient (Wildman–Crippen LogP) is 14.1. The molecule has 0 amide bonds. The number of fused-ring (bicyclic) bond motifs is 9. The molecule has 0 spiro atoms. The molecule has 5 heteroatoms. The van der Waals surface area contributed by atoms with Gasteiger partial charge in [0.15, 0.2) is 17.5 Å². The molecule has 274 valence electrons. The molecule has 12 rings (SSSR count). The number of nitrogens with zero attached hydrogens (tertiary/aromatic N) is 4. The summed E-state index contributed by atoms with van der Waals surface area (Å²) in [5.74, 6) is 1.86. The van der Waals surface area contributed by atoms with Gasteiger partial charge in [-0.3, -0.25) is 4.98 Å². The van der Waals surface area contributed by atoms with E-state index in [1.807, 2.05) is 60.9 Å². The van der Waals surface area contributed by atoms with Gasteiger partial charge in [-0.25, -0.2) is 15.0 Å². The Morgan fingerprint density at radius 1 is 0.322 bits per heavy atom. The number of rotatable bonds is 5. The lowest BCUT2D eigenvalue weighted by molar-refractivity contribution is 0.669. The summed E-state index contributed by atoms with van der Waals surface area (Å²) < 4.78 is 6.25. The number of para-hydroxylation sites is 1. The highest BCUT2D eigenvalue weighted by atomic mass is 16.3. The first-order valence-corrected chi connectivity index (χ1v) is 19.8. The van der Waals surface area contributed by atoms with Crippen molar-refractivity contribution in [1.29, 1.82) is 0 Å². The molecule has 0 bridgehead atoms. The second kappa shape index (κ2) is 13.3. The monoisotopic (exact) mass is 752 g/mol. The van der Waals surface area contributed by atoms with Crippen LogP contribution >= 0.6 is 0 Å². The largest absolute Gasteiger partial charge is 0.456 e. The number of pyridine rings is 1. The SMILES string of the molecule is c1ccc(-c2nc(-c3ccc(-c4cc5cnccc5c5c4ccc4ccccc45)cc3)nc(-c3ccc4c(-c5cccc6oc7ccccc7c56)cccc4c3)n2)cc1. The normalized spacial score (nSPS) is 11.7. The van der Waals surface area contributed by atoms with Gasteiger partial charge in [0.05, 0.1) is 0 Å². The molecule has 0 radical (unpaired) electrons. The average molecular weight is 753 g/mol. The number of aromatic nitrogens is 4. The lowest BCUT2D eigenvalue weighted by Crippen LogP contribution is -2.00. The average Bonchev–Trinajstić information content (AvgIpc) is 3.70. The molecular weight excluding hydrogens is 721 g/mol. The Morgan fingerprint density at radius 2 is 0.949 bits per heavy atom. The molecule has 0 atom stereocenters. The third kappa shape index (κ3) is 5.47. The van der Waals surface area contributed by atoms with Crippen molar-refractivity contribution in [3.8, 4) is 56.4 Å². The van der Waals surface area contributed by atoms with Crippen LogP contribution in [-0.4, -0.2) is 19.9 Å². The minimum Gasteiger partial charge on any atom is -0.456 e. The van der Waals surface area contributed by atoms with E-state index in [0.717, 1.165) is 77.0 Å². The van der Waals surface area contributed by atoms with E-state index >= 15 is 0 Å². The van der Waals surface area contributed by atoms with Crippen LogP contribution in [-0.2, 0) is 0 Å². The fourth-order valence-electron chi connectivity index (χ4n) is 8.81. The number of furan rings is 1. The van der Waals surface area contributed by atoms with E-state index in [2.05, 4.69) is 138 Å². The van der Waals surface area contributed by atoms with Gasteiger partial charge in [-0.15, -0.1) is 0 Å². The molecule has 9 aromatic carbocycles. The summed E-state index contributed by atoms with van der Waals surface area (Å²) in [5.41, 5.74) is 9.10. The van der Waals surface area contributed by atoms with Crippen LogP contribution in [0.5, 0.6) is 0 Å². The maximum Gasteiger partial charge on any atom is 0.164 e. The molecule has 3 aromatic heterocycles. The van der Waals surface area contributed by atoms with Crippen LogP contribution in [0.2, 0.25) is 0 Å². The van der Waals surface area contributed by atoms with Gasteiger partial charge in [0, 0.05) is 45.2 Å². The van der Waals surface area contributed by atoms with Gasteiger partial charge in [-0.1, -0.05) is 152 Å². The van der Waals surface area contributed by atoms with Crippen molar-refractivity contribution in [2.24, 2.45) is 0 Å². The van der Waals surface area contributed by atoms with Crippen molar-refractivity contribution >= 4 is 65.0 Å². The van der Waals surface area contributed by atoms with Crippen molar-refractivity contribution < 1.29 is 4.42 Å². The molecule has 59 heavy (non-hydrogen) atoms. The summed E-state index contributed by atoms with van der Waals surface area (Å²) in [6.07, 6.45) is 3.84. The van der Waals surface area contributed by atoms with Crippen LogP contribution in [0.25, 0.3) is 121 Å². The summed E-state index contributed by atoms with van der Waals surface area (Å²) in [5, 5.41) is 11.7. The van der Waals surface area contributed by atoms with Gasteiger partial charge in [-0.05, 0) is 90.3 Å².